The van der Waals surface area contributed by atoms with Crippen LogP contribution in [0, 0.1) is 11.6 Å². The third-order valence-corrected chi connectivity index (χ3v) is 5.79. The summed E-state index contributed by atoms with van der Waals surface area (Å²) in [6, 6.07) is 3.23. The Morgan fingerprint density at radius 3 is 2.34 bits per heavy atom. The van der Waals surface area contributed by atoms with E-state index in [1.807, 2.05) is 0 Å². The van der Waals surface area contributed by atoms with Gasteiger partial charge in [0.25, 0.3) is 5.91 Å². The summed E-state index contributed by atoms with van der Waals surface area (Å²) in [6.45, 7) is 3.60. The van der Waals surface area contributed by atoms with Gasteiger partial charge in [0.2, 0.25) is 0 Å². The number of nitrogens with one attached hydrogen (secondary N) is 1. The molecule has 0 bridgehead atoms. The minimum atomic E-state index is -5.11. The van der Waals surface area contributed by atoms with Crippen molar-refractivity contribution in [3.63, 3.8) is 0 Å². The maximum Gasteiger partial charge on any atom is 0.419 e. The molecule has 3 rings (SSSR count). The molecule has 0 saturated carbocycles. The van der Waals surface area contributed by atoms with Gasteiger partial charge in [-0.3, -0.25) is 9.79 Å². The number of carbonyl (C=O) groups is 1. The van der Waals surface area contributed by atoms with Gasteiger partial charge >= 0.3 is 12.4 Å². The van der Waals surface area contributed by atoms with Crippen LogP contribution >= 0.6 is 0 Å². The van der Waals surface area contributed by atoms with Gasteiger partial charge in [0.15, 0.2) is 0 Å². The van der Waals surface area contributed by atoms with Crippen LogP contribution in [0.15, 0.2) is 78.0 Å². The number of rotatable bonds is 6. The van der Waals surface area contributed by atoms with E-state index < -0.39 is 52.1 Å². The second kappa shape index (κ2) is 11.3. The highest BCUT2D eigenvalue weighted by Gasteiger charge is 2.41. The molecule has 3 nitrogen and oxygen atoms in total. The smallest absolute Gasteiger partial charge is 0.337 e. The number of aliphatic imine (C=N–C) groups is 1. The van der Waals surface area contributed by atoms with Gasteiger partial charge in [0.1, 0.15) is 17.2 Å². The molecule has 0 radical (unpaired) electrons. The molecule has 1 aliphatic heterocycles. The molecular formula is C27H22F8N2O. The predicted molar refractivity (Wildman–Crippen MR) is 126 cm³/mol. The number of halogens is 8. The Labute approximate surface area is 213 Å². The van der Waals surface area contributed by atoms with E-state index in [2.05, 4.69) is 16.9 Å². The van der Waals surface area contributed by atoms with Crippen LogP contribution in [-0.4, -0.2) is 12.1 Å². The van der Waals surface area contributed by atoms with Gasteiger partial charge in [-0.15, -0.1) is 6.58 Å². The molecule has 0 saturated heterocycles. The highest BCUT2D eigenvalue weighted by atomic mass is 19.4. The van der Waals surface area contributed by atoms with E-state index in [1.54, 1.807) is 12.2 Å². The Hall–Kier alpha value is -3.76. The van der Waals surface area contributed by atoms with Crippen molar-refractivity contribution in [2.24, 2.45) is 4.99 Å². The quantitative estimate of drug-likeness (QED) is 0.293. The molecule has 38 heavy (non-hydrogen) atoms. The zero-order chi connectivity index (χ0) is 28.1. The SMILES string of the molecule is C=CC[C@](NC(=O)c1ccc(F)c(C(F)(F)F)c1)(/C1=C/C=C/CCCC=N1)c1cc(F)cc(C(F)(F)F)c1. The van der Waals surface area contributed by atoms with Crippen LogP contribution in [0.25, 0.3) is 0 Å². The standard InChI is InChI=1S/C27H22F8N2O/c1-2-11-25(23-8-6-4-3-5-7-12-36-23,18-14-19(26(30,31)32)16-20(28)15-18)37-24(38)17-9-10-22(29)21(13-17)27(33,34)35/h2,4,6,8-10,12-16H,1,3,5,7,11H2,(H,37,38)/b6-4+,23-8-,36-12?/t25-/m1/s1. The Bertz CT molecular complexity index is 1290. The molecule has 0 spiro atoms. The first-order valence-corrected chi connectivity index (χ1v) is 11.4. The topological polar surface area (TPSA) is 41.5 Å². The molecule has 1 aliphatic rings. The summed E-state index contributed by atoms with van der Waals surface area (Å²) in [4.78, 5) is 17.6. The molecule has 0 fully saturated rings. The van der Waals surface area contributed by atoms with Crippen molar-refractivity contribution in [2.45, 2.75) is 43.6 Å². The summed E-state index contributed by atoms with van der Waals surface area (Å²) in [5, 5.41) is 2.46. The Morgan fingerprint density at radius 1 is 0.974 bits per heavy atom. The number of alkyl halides is 6. The van der Waals surface area contributed by atoms with Gasteiger partial charge in [0, 0.05) is 11.8 Å². The van der Waals surface area contributed by atoms with Crippen LogP contribution in [0.3, 0.4) is 0 Å². The second-order valence-corrected chi connectivity index (χ2v) is 8.49. The molecule has 1 amide bonds. The average molecular weight is 542 g/mol. The highest BCUT2D eigenvalue weighted by Crippen LogP contribution is 2.40. The lowest BCUT2D eigenvalue weighted by Crippen LogP contribution is -2.47. The van der Waals surface area contributed by atoms with Crippen molar-refractivity contribution in [1.82, 2.24) is 5.32 Å². The van der Waals surface area contributed by atoms with Crippen LogP contribution < -0.4 is 5.32 Å². The number of allylic oxidation sites excluding steroid dienone is 3. The van der Waals surface area contributed by atoms with E-state index in [9.17, 15) is 39.9 Å². The van der Waals surface area contributed by atoms with Gasteiger partial charge in [-0.05, 0) is 73.7 Å². The van der Waals surface area contributed by atoms with Crippen LogP contribution in [0.1, 0.15) is 52.7 Å². The molecule has 1 N–H and O–H groups in total. The Kier molecular flexibility index (Phi) is 8.58. The minimum Gasteiger partial charge on any atom is -0.337 e. The summed E-state index contributed by atoms with van der Waals surface area (Å²) >= 11 is 0. The van der Waals surface area contributed by atoms with Crippen molar-refractivity contribution in [3.05, 3.63) is 107 Å². The average Bonchev–Trinajstić information content (AvgIpc) is 2.96. The molecule has 0 aliphatic carbocycles. The molecule has 202 valence electrons. The molecule has 1 heterocycles. The van der Waals surface area contributed by atoms with Crippen molar-refractivity contribution >= 4 is 12.1 Å². The number of amides is 1. The van der Waals surface area contributed by atoms with E-state index in [1.165, 1.54) is 18.4 Å². The van der Waals surface area contributed by atoms with Crippen molar-refractivity contribution < 1.29 is 39.9 Å². The lowest BCUT2D eigenvalue weighted by Gasteiger charge is -2.36. The highest BCUT2D eigenvalue weighted by molar-refractivity contribution is 5.95. The minimum absolute atomic E-state index is 0.0132. The van der Waals surface area contributed by atoms with E-state index in [4.69, 9.17) is 0 Å². The van der Waals surface area contributed by atoms with Crippen LogP contribution in [0.5, 0.6) is 0 Å². The lowest BCUT2D eigenvalue weighted by atomic mass is 9.81. The first kappa shape index (κ1) is 28.8. The maximum atomic E-state index is 14.5. The summed E-state index contributed by atoms with van der Waals surface area (Å²) in [7, 11) is 0. The number of carbonyl (C=O) groups excluding carboxylic acids is 1. The summed E-state index contributed by atoms with van der Waals surface area (Å²) in [6.07, 6.45) is -1.08. The van der Waals surface area contributed by atoms with Gasteiger partial charge in [-0.1, -0.05) is 18.2 Å². The fourth-order valence-electron chi connectivity index (χ4n) is 3.96. The molecular weight excluding hydrogens is 520 g/mol. The summed E-state index contributed by atoms with van der Waals surface area (Å²) in [5.41, 5.74) is -6.04. The summed E-state index contributed by atoms with van der Waals surface area (Å²) < 4.78 is 109. The fourth-order valence-corrected chi connectivity index (χ4v) is 3.96. The maximum absolute atomic E-state index is 14.5. The second-order valence-electron chi connectivity index (χ2n) is 8.49. The van der Waals surface area contributed by atoms with Crippen LogP contribution in [-0.2, 0) is 17.9 Å². The van der Waals surface area contributed by atoms with Gasteiger partial charge < -0.3 is 5.32 Å². The Morgan fingerprint density at radius 2 is 1.68 bits per heavy atom. The zero-order valence-electron chi connectivity index (χ0n) is 19.8. The van der Waals surface area contributed by atoms with E-state index in [0.29, 0.717) is 31.4 Å². The Balaban J connectivity index is 2.27. The third kappa shape index (κ3) is 6.56. The molecule has 0 unspecified atom stereocenters. The molecule has 11 heteroatoms. The normalized spacial score (nSPS) is 18.3. The van der Waals surface area contributed by atoms with Crippen molar-refractivity contribution in [3.8, 4) is 0 Å². The molecule has 1 atom stereocenters. The van der Waals surface area contributed by atoms with Crippen molar-refractivity contribution in [1.29, 1.82) is 0 Å². The van der Waals surface area contributed by atoms with Gasteiger partial charge in [-0.25, -0.2) is 8.78 Å². The predicted octanol–water partition coefficient (Wildman–Crippen LogP) is 7.90. The first-order chi connectivity index (χ1) is 17.8. The monoisotopic (exact) mass is 542 g/mol. The van der Waals surface area contributed by atoms with Crippen LogP contribution in [0.2, 0.25) is 0 Å². The zero-order valence-corrected chi connectivity index (χ0v) is 19.8. The first-order valence-electron chi connectivity index (χ1n) is 11.4. The largest absolute Gasteiger partial charge is 0.419 e. The number of benzene rings is 2. The van der Waals surface area contributed by atoms with Crippen molar-refractivity contribution in [2.75, 3.05) is 0 Å². The van der Waals surface area contributed by atoms with Gasteiger partial charge in [-0.2, -0.15) is 26.3 Å². The number of nitrogens with zero attached hydrogens (tertiary/aromatic N) is 1. The van der Waals surface area contributed by atoms with E-state index in [0.717, 1.165) is 12.1 Å². The number of hydrogen-bond acceptors (Lipinski definition) is 2. The van der Waals surface area contributed by atoms with Crippen LogP contribution in [0.4, 0.5) is 35.1 Å². The molecule has 2 aromatic rings. The van der Waals surface area contributed by atoms with E-state index in [-0.39, 0.29) is 29.8 Å². The number of hydrogen-bond donors (Lipinski definition) is 1. The molecule has 2 aromatic carbocycles. The summed E-state index contributed by atoms with van der Waals surface area (Å²) in [5.74, 6) is -4.06. The van der Waals surface area contributed by atoms with E-state index >= 15 is 0 Å². The lowest BCUT2D eigenvalue weighted by molar-refractivity contribution is -0.140. The molecule has 0 aromatic heterocycles. The third-order valence-electron chi connectivity index (χ3n) is 5.79. The fraction of sp³-hybridized carbons (Fsp3) is 0.259. The van der Waals surface area contributed by atoms with Gasteiger partial charge in [0.05, 0.1) is 16.8 Å².